The van der Waals surface area contributed by atoms with Crippen molar-refractivity contribution >= 4 is 28.3 Å². The Hall–Kier alpha value is -4.06. The van der Waals surface area contributed by atoms with Crippen molar-refractivity contribution in [3.05, 3.63) is 89.7 Å². The second kappa shape index (κ2) is 9.39. The maximum Gasteiger partial charge on any atom is 0.262 e. The molecule has 0 fully saturated rings. The van der Waals surface area contributed by atoms with Crippen molar-refractivity contribution in [2.75, 3.05) is 19.0 Å². The standard InChI is InChI=1S/C26H23NO5/c1-3-17-8-12-20(13-9-17)31-16-23(28)27-24-21-6-4-5-7-22(21)32-26(24)25(29)18-10-14-19(30-2)15-11-18/h4-15H,3,16H2,1-2H3,(H,27,28). The van der Waals surface area contributed by atoms with Gasteiger partial charge in [0.1, 0.15) is 17.1 Å². The number of benzene rings is 3. The molecule has 6 nitrogen and oxygen atoms in total. The van der Waals surface area contributed by atoms with Crippen LogP contribution in [-0.4, -0.2) is 25.4 Å². The van der Waals surface area contributed by atoms with Crippen LogP contribution >= 0.6 is 0 Å². The van der Waals surface area contributed by atoms with Gasteiger partial charge in [0.05, 0.1) is 12.8 Å². The van der Waals surface area contributed by atoms with Gasteiger partial charge in [-0.05, 0) is 60.5 Å². The number of hydrogen-bond donors (Lipinski definition) is 1. The Kier molecular flexibility index (Phi) is 6.22. The van der Waals surface area contributed by atoms with Crippen LogP contribution in [0.25, 0.3) is 11.0 Å². The van der Waals surface area contributed by atoms with E-state index in [0.717, 1.165) is 6.42 Å². The highest BCUT2D eigenvalue weighted by Crippen LogP contribution is 2.32. The zero-order valence-electron chi connectivity index (χ0n) is 17.9. The summed E-state index contributed by atoms with van der Waals surface area (Å²) in [6.45, 7) is 1.88. The molecule has 0 atom stereocenters. The average molecular weight is 429 g/mol. The molecule has 0 saturated carbocycles. The van der Waals surface area contributed by atoms with Crippen LogP contribution in [0, 0.1) is 0 Å². The Bertz CT molecular complexity index is 1240. The van der Waals surface area contributed by atoms with E-state index in [4.69, 9.17) is 13.9 Å². The second-order valence-corrected chi connectivity index (χ2v) is 7.19. The summed E-state index contributed by atoms with van der Waals surface area (Å²) >= 11 is 0. The van der Waals surface area contributed by atoms with E-state index in [1.807, 2.05) is 36.4 Å². The van der Waals surface area contributed by atoms with E-state index in [0.29, 0.717) is 33.7 Å². The molecule has 6 heteroatoms. The summed E-state index contributed by atoms with van der Waals surface area (Å²) in [7, 11) is 1.56. The van der Waals surface area contributed by atoms with Gasteiger partial charge in [-0.1, -0.05) is 31.2 Å². The topological polar surface area (TPSA) is 77.8 Å². The van der Waals surface area contributed by atoms with Crippen molar-refractivity contribution in [2.24, 2.45) is 0 Å². The van der Waals surface area contributed by atoms with Gasteiger partial charge in [-0.3, -0.25) is 9.59 Å². The first-order valence-corrected chi connectivity index (χ1v) is 10.3. The van der Waals surface area contributed by atoms with Crippen LogP contribution in [0.15, 0.2) is 77.2 Å². The molecule has 1 aromatic heterocycles. The Morgan fingerprint density at radius 1 is 0.906 bits per heavy atom. The summed E-state index contributed by atoms with van der Waals surface area (Å²) in [5, 5.41) is 3.44. The number of methoxy groups -OCH3 is 1. The number of hydrogen-bond acceptors (Lipinski definition) is 5. The van der Waals surface area contributed by atoms with Gasteiger partial charge in [-0.25, -0.2) is 0 Å². The lowest BCUT2D eigenvalue weighted by Crippen LogP contribution is -2.21. The third-order valence-corrected chi connectivity index (χ3v) is 5.12. The van der Waals surface area contributed by atoms with E-state index in [1.54, 1.807) is 43.5 Å². The number of nitrogens with one attached hydrogen (secondary N) is 1. The minimum atomic E-state index is -0.389. The summed E-state index contributed by atoms with van der Waals surface area (Å²) < 4.78 is 16.6. The number of para-hydroxylation sites is 1. The molecule has 1 amide bonds. The van der Waals surface area contributed by atoms with Crippen molar-refractivity contribution in [2.45, 2.75) is 13.3 Å². The Balaban J connectivity index is 1.56. The fourth-order valence-electron chi connectivity index (χ4n) is 3.35. The highest BCUT2D eigenvalue weighted by atomic mass is 16.5. The fourth-order valence-corrected chi connectivity index (χ4v) is 3.35. The van der Waals surface area contributed by atoms with E-state index in [2.05, 4.69) is 12.2 Å². The van der Waals surface area contributed by atoms with Crippen molar-refractivity contribution in [3.8, 4) is 11.5 Å². The number of ether oxygens (including phenoxy) is 2. The highest BCUT2D eigenvalue weighted by Gasteiger charge is 2.23. The van der Waals surface area contributed by atoms with Crippen LogP contribution in [0.5, 0.6) is 11.5 Å². The van der Waals surface area contributed by atoms with Gasteiger partial charge >= 0.3 is 0 Å². The smallest absolute Gasteiger partial charge is 0.262 e. The zero-order chi connectivity index (χ0) is 22.5. The van der Waals surface area contributed by atoms with Crippen molar-refractivity contribution in [3.63, 3.8) is 0 Å². The number of carbonyl (C=O) groups is 2. The van der Waals surface area contributed by atoms with Crippen LogP contribution in [0.3, 0.4) is 0 Å². The van der Waals surface area contributed by atoms with Gasteiger partial charge < -0.3 is 19.2 Å². The van der Waals surface area contributed by atoms with E-state index in [1.165, 1.54) is 5.56 Å². The summed E-state index contributed by atoms with van der Waals surface area (Å²) in [5.74, 6) is 0.583. The minimum Gasteiger partial charge on any atom is -0.497 e. The molecule has 4 rings (SSSR count). The van der Waals surface area contributed by atoms with Gasteiger partial charge in [0.25, 0.3) is 5.91 Å². The lowest BCUT2D eigenvalue weighted by molar-refractivity contribution is -0.118. The summed E-state index contributed by atoms with van der Waals surface area (Å²) in [6, 6.07) is 21.5. The number of aryl methyl sites for hydroxylation is 1. The molecule has 0 aliphatic carbocycles. The molecular weight excluding hydrogens is 406 g/mol. The monoisotopic (exact) mass is 429 g/mol. The number of amides is 1. The van der Waals surface area contributed by atoms with Gasteiger partial charge in [0.2, 0.25) is 5.78 Å². The molecule has 0 saturated heterocycles. The normalized spacial score (nSPS) is 10.7. The number of anilines is 1. The summed E-state index contributed by atoms with van der Waals surface area (Å²) in [5.41, 5.74) is 2.45. The molecule has 0 spiro atoms. The number of carbonyl (C=O) groups excluding carboxylic acids is 2. The average Bonchev–Trinajstić information content (AvgIpc) is 3.21. The predicted octanol–water partition coefficient (Wildman–Crippen LogP) is 5.25. The van der Waals surface area contributed by atoms with Gasteiger partial charge in [0, 0.05) is 10.9 Å². The molecule has 0 aliphatic rings. The third kappa shape index (κ3) is 4.49. The van der Waals surface area contributed by atoms with Crippen LogP contribution in [0.4, 0.5) is 5.69 Å². The summed E-state index contributed by atoms with van der Waals surface area (Å²) in [6.07, 6.45) is 0.930. The van der Waals surface area contributed by atoms with Crippen molar-refractivity contribution < 1.29 is 23.5 Å². The first kappa shape index (κ1) is 21.2. The lowest BCUT2D eigenvalue weighted by atomic mass is 10.1. The number of furan rings is 1. The third-order valence-electron chi connectivity index (χ3n) is 5.12. The lowest BCUT2D eigenvalue weighted by Gasteiger charge is -2.09. The number of fused-ring (bicyclic) bond motifs is 1. The van der Waals surface area contributed by atoms with E-state index in [-0.39, 0.29) is 24.1 Å². The molecule has 0 radical (unpaired) electrons. The molecular formula is C26H23NO5. The number of ketones is 1. The molecule has 0 bridgehead atoms. The van der Waals surface area contributed by atoms with E-state index >= 15 is 0 Å². The first-order chi connectivity index (χ1) is 15.6. The quantitative estimate of drug-likeness (QED) is 0.387. The Labute approximate surface area is 185 Å². The molecule has 4 aromatic rings. The molecule has 32 heavy (non-hydrogen) atoms. The zero-order valence-corrected chi connectivity index (χ0v) is 17.9. The molecule has 3 aromatic carbocycles. The highest BCUT2D eigenvalue weighted by molar-refractivity contribution is 6.17. The van der Waals surface area contributed by atoms with Crippen LogP contribution in [-0.2, 0) is 11.2 Å². The Morgan fingerprint density at radius 2 is 1.59 bits per heavy atom. The van der Waals surface area contributed by atoms with Crippen LogP contribution < -0.4 is 14.8 Å². The molecule has 1 N–H and O–H groups in total. The van der Waals surface area contributed by atoms with Crippen LogP contribution in [0.1, 0.15) is 28.6 Å². The number of rotatable bonds is 8. The van der Waals surface area contributed by atoms with Crippen molar-refractivity contribution in [1.82, 2.24) is 0 Å². The molecule has 0 aliphatic heterocycles. The second-order valence-electron chi connectivity index (χ2n) is 7.19. The predicted molar refractivity (Wildman–Crippen MR) is 123 cm³/mol. The summed E-state index contributed by atoms with van der Waals surface area (Å²) in [4.78, 5) is 25.8. The van der Waals surface area contributed by atoms with Gasteiger partial charge in [0.15, 0.2) is 12.4 Å². The SMILES string of the molecule is CCc1ccc(OCC(=O)Nc2c(C(=O)c3ccc(OC)cc3)oc3ccccc23)cc1. The Morgan fingerprint density at radius 3 is 2.28 bits per heavy atom. The van der Waals surface area contributed by atoms with Crippen LogP contribution in [0.2, 0.25) is 0 Å². The van der Waals surface area contributed by atoms with Gasteiger partial charge in [-0.15, -0.1) is 0 Å². The fraction of sp³-hybridized carbons (Fsp3) is 0.154. The molecule has 0 unspecified atom stereocenters. The largest absolute Gasteiger partial charge is 0.497 e. The molecule has 1 heterocycles. The van der Waals surface area contributed by atoms with E-state index in [9.17, 15) is 9.59 Å². The maximum atomic E-state index is 13.1. The molecule has 162 valence electrons. The minimum absolute atomic E-state index is 0.0667. The first-order valence-electron chi connectivity index (χ1n) is 10.3. The van der Waals surface area contributed by atoms with Gasteiger partial charge in [-0.2, -0.15) is 0 Å². The van der Waals surface area contributed by atoms with E-state index < -0.39 is 0 Å². The maximum absolute atomic E-state index is 13.1. The van der Waals surface area contributed by atoms with Crippen molar-refractivity contribution in [1.29, 1.82) is 0 Å².